The van der Waals surface area contributed by atoms with E-state index in [9.17, 15) is 0 Å². The van der Waals surface area contributed by atoms with Crippen LogP contribution in [0.5, 0.6) is 0 Å². The third-order valence-corrected chi connectivity index (χ3v) is 3.57. The van der Waals surface area contributed by atoms with Gasteiger partial charge in [0.05, 0.1) is 6.54 Å². The standard InChI is InChI=1S/C14H18N2O/c1-14(2)9-15-13-4-3-10(6-12(13)14)5-11-7-16-17-8-11/h3-4,6,8,15-16H,5,7,9H2,1-2H3. The van der Waals surface area contributed by atoms with Crippen molar-refractivity contribution in [1.29, 1.82) is 0 Å². The van der Waals surface area contributed by atoms with Crippen LogP contribution in [0.15, 0.2) is 30.0 Å². The van der Waals surface area contributed by atoms with Gasteiger partial charge in [-0.1, -0.05) is 26.0 Å². The van der Waals surface area contributed by atoms with E-state index in [4.69, 9.17) is 4.84 Å². The zero-order chi connectivity index (χ0) is 11.9. The molecule has 0 saturated carbocycles. The number of hydrogen-bond acceptors (Lipinski definition) is 3. The van der Waals surface area contributed by atoms with Crippen LogP contribution in [-0.2, 0) is 16.7 Å². The van der Waals surface area contributed by atoms with Crippen LogP contribution in [0.1, 0.15) is 25.0 Å². The number of anilines is 1. The molecule has 0 unspecified atom stereocenters. The lowest BCUT2D eigenvalue weighted by atomic mass is 9.85. The Hall–Kier alpha value is -1.48. The third-order valence-electron chi connectivity index (χ3n) is 3.57. The van der Waals surface area contributed by atoms with E-state index in [1.165, 1.54) is 22.4 Å². The molecule has 0 spiro atoms. The zero-order valence-electron chi connectivity index (χ0n) is 10.3. The molecular formula is C14H18N2O. The first-order chi connectivity index (χ1) is 8.15. The number of fused-ring (bicyclic) bond motifs is 1. The monoisotopic (exact) mass is 230 g/mol. The minimum absolute atomic E-state index is 0.240. The van der Waals surface area contributed by atoms with E-state index in [1.54, 1.807) is 0 Å². The molecule has 2 aliphatic heterocycles. The van der Waals surface area contributed by atoms with Crippen molar-refractivity contribution in [1.82, 2.24) is 5.48 Å². The topological polar surface area (TPSA) is 33.3 Å². The van der Waals surface area contributed by atoms with E-state index in [0.29, 0.717) is 0 Å². The van der Waals surface area contributed by atoms with Crippen LogP contribution in [0.3, 0.4) is 0 Å². The van der Waals surface area contributed by atoms with Gasteiger partial charge in [-0.25, -0.2) is 0 Å². The van der Waals surface area contributed by atoms with Crippen molar-refractivity contribution in [3.05, 3.63) is 41.2 Å². The molecule has 3 rings (SSSR count). The fraction of sp³-hybridized carbons (Fsp3) is 0.429. The highest BCUT2D eigenvalue weighted by Crippen LogP contribution is 2.36. The van der Waals surface area contributed by atoms with Gasteiger partial charge in [0.25, 0.3) is 0 Å². The summed E-state index contributed by atoms with van der Waals surface area (Å²) in [5, 5.41) is 3.46. The third kappa shape index (κ3) is 1.91. The van der Waals surface area contributed by atoms with Crippen molar-refractivity contribution in [2.24, 2.45) is 0 Å². The Morgan fingerprint density at radius 1 is 1.35 bits per heavy atom. The molecule has 3 nitrogen and oxygen atoms in total. The molecule has 0 radical (unpaired) electrons. The Morgan fingerprint density at radius 3 is 3.00 bits per heavy atom. The van der Waals surface area contributed by atoms with Crippen LogP contribution in [0.25, 0.3) is 0 Å². The number of hydrogen-bond donors (Lipinski definition) is 2. The second kappa shape index (κ2) is 3.77. The van der Waals surface area contributed by atoms with Gasteiger partial charge in [-0.05, 0) is 29.2 Å². The molecular weight excluding hydrogens is 212 g/mol. The summed E-state index contributed by atoms with van der Waals surface area (Å²) in [6, 6.07) is 6.73. The van der Waals surface area contributed by atoms with Crippen LogP contribution >= 0.6 is 0 Å². The highest BCUT2D eigenvalue weighted by molar-refractivity contribution is 5.61. The largest absolute Gasteiger partial charge is 0.416 e. The Kier molecular flexibility index (Phi) is 2.37. The highest BCUT2D eigenvalue weighted by Gasteiger charge is 2.29. The van der Waals surface area contributed by atoms with E-state index < -0.39 is 0 Å². The fourth-order valence-electron chi connectivity index (χ4n) is 2.49. The lowest BCUT2D eigenvalue weighted by Crippen LogP contribution is -2.19. The molecule has 2 aliphatic rings. The lowest BCUT2D eigenvalue weighted by Gasteiger charge is -2.17. The van der Waals surface area contributed by atoms with Crippen molar-refractivity contribution in [3.8, 4) is 0 Å². The summed E-state index contributed by atoms with van der Waals surface area (Å²) in [6.07, 6.45) is 2.78. The second-order valence-corrected chi connectivity index (χ2v) is 5.51. The van der Waals surface area contributed by atoms with Gasteiger partial charge >= 0.3 is 0 Å². The maximum Gasteiger partial charge on any atom is 0.112 e. The molecule has 1 aromatic rings. The van der Waals surface area contributed by atoms with E-state index in [-0.39, 0.29) is 5.41 Å². The first-order valence-electron chi connectivity index (χ1n) is 6.09. The summed E-state index contributed by atoms with van der Waals surface area (Å²) < 4.78 is 0. The Balaban J connectivity index is 1.88. The average Bonchev–Trinajstić information content (AvgIpc) is 2.89. The smallest absolute Gasteiger partial charge is 0.112 e. The van der Waals surface area contributed by atoms with Gasteiger partial charge < -0.3 is 10.2 Å². The fourth-order valence-corrected chi connectivity index (χ4v) is 2.49. The summed E-state index contributed by atoms with van der Waals surface area (Å²) in [5.41, 5.74) is 8.47. The van der Waals surface area contributed by atoms with Gasteiger partial charge in [-0.3, -0.25) is 0 Å². The van der Waals surface area contributed by atoms with Crippen molar-refractivity contribution in [2.45, 2.75) is 25.7 Å². The van der Waals surface area contributed by atoms with E-state index in [2.05, 4.69) is 42.8 Å². The number of nitrogens with one attached hydrogen (secondary N) is 2. The van der Waals surface area contributed by atoms with Gasteiger partial charge in [-0.2, -0.15) is 5.48 Å². The average molecular weight is 230 g/mol. The van der Waals surface area contributed by atoms with Gasteiger partial charge in [-0.15, -0.1) is 0 Å². The minimum atomic E-state index is 0.240. The van der Waals surface area contributed by atoms with Gasteiger partial charge in [0.15, 0.2) is 0 Å². The number of benzene rings is 1. The predicted molar refractivity (Wildman–Crippen MR) is 68.8 cm³/mol. The van der Waals surface area contributed by atoms with Gasteiger partial charge in [0, 0.05) is 17.6 Å². The summed E-state index contributed by atoms with van der Waals surface area (Å²) in [7, 11) is 0. The lowest BCUT2D eigenvalue weighted by molar-refractivity contribution is 0.168. The molecule has 0 amide bonds. The van der Waals surface area contributed by atoms with E-state index in [0.717, 1.165) is 19.5 Å². The molecule has 0 atom stereocenters. The molecule has 0 fully saturated rings. The maximum atomic E-state index is 5.04. The second-order valence-electron chi connectivity index (χ2n) is 5.51. The van der Waals surface area contributed by atoms with Crippen molar-refractivity contribution >= 4 is 5.69 Å². The molecule has 17 heavy (non-hydrogen) atoms. The van der Waals surface area contributed by atoms with Crippen molar-refractivity contribution in [2.75, 3.05) is 18.4 Å². The number of rotatable bonds is 2. The quantitative estimate of drug-likeness (QED) is 0.818. The molecule has 2 heterocycles. The summed E-state index contributed by atoms with van der Waals surface area (Å²) in [4.78, 5) is 5.04. The normalized spacial score (nSPS) is 20.5. The Labute approximate surface area is 102 Å². The summed E-state index contributed by atoms with van der Waals surface area (Å²) >= 11 is 0. The van der Waals surface area contributed by atoms with Gasteiger partial charge in [0.2, 0.25) is 0 Å². The van der Waals surface area contributed by atoms with Crippen molar-refractivity contribution < 1.29 is 4.84 Å². The molecule has 0 saturated heterocycles. The van der Waals surface area contributed by atoms with Crippen LogP contribution in [0, 0.1) is 0 Å². The van der Waals surface area contributed by atoms with E-state index in [1.807, 2.05) is 6.26 Å². The Bertz CT molecular complexity index is 477. The molecule has 1 aromatic carbocycles. The highest BCUT2D eigenvalue weighted by atomic mass is 16.6. The van der Waals surface area contributed by atoms with Crippen LogP contribution < -0.4 is 10.8 Å². The van der Waals surface area contributed by atoms with Crippen LogP contribution in [0.2, 0.25) is 0 Å². The first kappa shape index (κ1) is 10.7. The predicted octanol–water partition coefficient (Wildman–Crippen LogP) is 2.35. The molecule has 2 N–H and O–H groups in total. The van der Waals surface area contributed by atoms with E-state index >= 15 is 0 Å². The molecule has 0 aromatic heterocycles. The molecule has 90 valence electrons. The Morgan fingerprint density at radius 2 is 2.24 bits per heavy atom. The van der Waals surface area contributed by atoms with Crippen LogP contribution in [-0.4, -0.2) is 13.1 Å². The zero-order valence-corrected chi connectivity index (χ0v) is 10.3. The van der Waals surface area contributed by atoms with Crippen LogP contribution in [0.4, 0.5) is 5.69 Å². The van der Waals surface area contributed by atoms with Gasteiger partial charge in [0.1, 0.15) is 6.26 Å². The summed E-state index contributed by atoms with van der Waals surface area (Å²) in [5.74, 6) is 0. The first-order valence-corrected chi connectivity index (χ1v) is 6.09. The summed E-state index contributed by atoms with van der Waals surface area (Å²) in [6.45, 7) is 6.43. The molecule has 0 aliphatic carbocycles. The molecule has 3 heteroatoms. The maximum absolute atomic E-state index is 5.04. The van der Waals surface area contributed by atoms with Crippen molar-refractivity contribution in [3.63, 3.8) is 0 Å². The SMILES string of the molecule is CC1(C)CNc2ccc(CC3=CONC3)cc21. The molecule has 0 bridgehead atoms. The minimum Gasteiger partial charge on any atom is -0.416 e. The number of hydroxylamine groups is 1.